The normalized spacial score (nSPS) is 11.9. The van der Waals surface area contributed by atoms with Crippen LogP contribution in [-0.4, -0.2) is 24.1 Å². The lowest BCUT2D eigenvalue weighted by molar-refractivity contribution is 0.671. The van der Waals surface area contributed by atoms with E-state index >= 15 is 0 Å². The second kappa shape index (κ2) is 12.3. The molecule has 4 aromatic heterocycles. The van der Waals surface area contributed by atoms with Crippen LogP contribution in [0.1, 0.15) is 0 Å². The summed E-state index contributed by atoms with van der Waals surface area (Å²) in [5.74, 6) is 1.90. The number of furan rings is 1. The summed E-state index contributed by atoms with van der Waals surface area (Å²) in [4.78, 5) is 14.9. The molecule has 0 spiro atoms. The van der Waals surface area contributed by atoms with Crippen molar-refractivity contribution in [3.8, 4) is 45.5 Å². The van der Waals surface area contributed by atoms with Crippen LogP contribution in [0.4, 0.5) is 0 Å². The summed E-state index contributed by atoms with van der Waals surface area (Å²) in [6.07, 6.45) is 0. The van der Waals surface area contributed by atoms with E-state index in [0.717, 1.165) is 72.1 Å². The molecular weight excluding hydrogens is 699 g/mol. The fourth-order valence-corrected chi connectivity index (χ4v) is 8.70. The van der Waals surface area contributed by atoms with Crippen molar-refractivity contribution in [2.24, 2.45) is 0 Å². The number of aromatic nitrogens is 5. The van der Waals surface area contributed by atoms with Gasteiger partial charge >= 0.3 is 0 Å². The standard InChI is InChI=1S/C51H31N5O/c1-4-16-32(17-5-1)49-52-50(33-18-6-2-7-19-33)54-51(53-49)34-28-30-36(31-29-34)55-40-25-13-10-22-37(40)43-44-38-23-11-14-26-41(38)56(35-20-8-3-9-21-35)47(44)48-45(46(43)55)39-24-12-15-27-42(39)57-48/h1-31H. The van der Waals surface area contributed by atoms with Crippen molar-refractivity contribution in [2.45, 2.75) is 0 Å². The van der Waals surface area contributed by atoms with Gasteiger partial charge in [0, 0.05) is 55.0 Å². The maximum Gasteiger partial charge on any atom is 0.164 e. The molecule has 12 aromatic rings. The first-order chi connectivity index (χ1) is 28.3. The van der Waals surface area contributed by atoms with Crippen LogP contribution >= 0.6 is 0 Å². The number of benzene rings is 8. The van der Waals surface area contributed by atoms with Gasteiger partial charge in [-0.3, -0.25) is 0 Å². The van der Waals surface area contributed by atoms with Crippen molar-refractivity contribution in [3.63, 3.8) is 0 Å². The van der Waals surface area contributed by atoms with Crippen LogP contribution < -0.4 is 0 Å². The molecule has 0 radical (unpaired) electrons. The molecule has 6 heteroatoms. The fraction of sp³-hybridized carbons (Fsp3) is 0. The van der Waals surface area contributed by atoms with Gasteiger partial charge in [0.1, 0.15) is 5.58 Å². The summed E-state index contributed by atoms with van der Waals surface area (Å²) < 4.78 is 11.7. The molecule has 0 bridgehead atoms. The van der Waals surface area contributed by atoms with E-state index in [9.17, 15) is 0 Å². The van der Waals surface area contributed by atoms with Gasteiger partial charge in [0.25, 0.3) is 0 Å². The van der Waals surface area contributed by atoms with Gasteiger partial charge in [-0.15, -0.1) is 0 Å². The number of rotatable bonds is 5. The van der Waals surface area contributed by atoms with Crippen molar-refractivity contribution in [3.05, 3.63) is 188 Å². The zero-order valence-corrected chi connectivity index (χ0v) is 30.5. The quantitative estimate of drug-likeness (QED) is 0.177. The Morgan fingerprint density at radius 3 is 1.33 bits per heavy atom. The van der Waals surface area contributed by atoms with E-state index in [2.05, 4.69) is 130 Å². The second-order valence-corrected chi connectivity index (χ2v) is 14.4. The summed E-state index contributed by atoms with van der Waals surface area (Å²) in [5.41, 5.74) is 11.1. The SMILES string of the molecule is c1ccc(-c2nc(-c3ccccc3)nc(-c3ccc(-n4c5ccccc5c5c6c7ccccc7n(-c7ccccc7)c6c6oc7ccccc7c6c54)cc3)n2)cc1. The van der Waals surface area contributed by atoms with Crippen LogP contribution in [0.2, 0.25) is 0 Å². The average molecular weight is 730 g/mol. The third-order valence-electron chi connectivity index (χ3n) is 11.1. The molecule has 0 unspecified atom stereocenters. The number of nitrogens with zero attached hydrogens (tertiary/aromatic N) is 5. The second-order valence-electron chi connectivity index (χ2n) is 14.4. The van der Waals surface area contributed by atoms with E-state index in [1.807, 2.05) is 66.7 Å². The molecule has 0 aliphatic rings. The average Bonchev–Trinajstić information content (AvgIpc) is 3.95. The van der Waals surface area contributed by atoms with Crippen LogP contribution in [-0.2, 0) is 0 Å². The highest BCUT2D eigenvalue weighted by Crippen LogP contribution is 2.49. The molecular formula is C51H31N5O. The van der Waals surface area contributed by atoms with Crippen LogP contribution in [0.5, 0.6) is 0 Å². The topological polar surface area (TPSA) is 61.7 Å². The van der Waals surface area contributed by atoms with Gasteiger partial charge in [0.15, 0.2) is 23.1 Å². The molecule has 4 heterocycles. The number of hydrogen-bond acceptors (Lipinski definition) is 4. The summed E-state index contributed by atoms with van der Waals surface area (Å²) in [6.45, 7) is 0. The Bertz CT molecular complexity index is 3430. The molecule has 266 valence electrons. The molecule has 0 atom stereocenters. The van der Waals surface area contributed by atoms with Crippen molar-refractivity contribution in [1.82, 2.24) is 24.1 Å². The molecule has 0 aliphatic heterocycles. The highest BCUT2D eigenvalue weighted by atomic mass is 16.3. The first kappa shape index (κ1) is 31.5. The minimum absolute atomic E-state index is 0.620. The minimum atomic E-state index is 0.620. The molecule has 57 heavy (non-hydrogen) atoms. The fourth-order valence-electron chi connectivity index (χ4n) is 8.70. The molecule has 0 N–H and O–H groups in total. The smallest absolute Gasteiger partial charge is 0.164 e. The van der Waals surface area contributed by atoms with Gasteiger partial charge in [0.05, 0.1) is 27.5 Å². The van der Waals surface area contributed by atoms with Crippen molar-refractivity contribution < 1.29 is 4.42 Å². The van der Waals surface area contributed by atoms with Gasteiger partial charge in [-0.2, -0.15) is 0 Å². The Balaban J connectivity index is 1.16. The van der Waals surface area contributed by atoms with Gasteiger partial charge < -0.3 is 13.6 Å². The van der Waals surface area contributed by atoms with E-state index in [1.165, 1.54) is 21.5 Å². The summed E-state index contributed by atoms with van der Waals surface area (Å²) >= 11 is 0. The lowest BCUT2D eigenvalue weighted by Crippen LogP contribution is -2.00. The lowest BCUT2D eigenvalue weighted by atomic mass is 10.0. The molecule has 0 aliphatic carbocycles. The Labute approximate surface area is 326 Å². The number of fused-ring (bicyclic) bond motifs is 12. The van der Waals surface area contributed by atoms with Gasteiger partial charge in [-0.25, -0.2) is 15.0 Å². The zero-order chi connectivity index (χ0) is 37.5. The Morgan fingerprint density at radius 2 is 0.754 bits per heavy atom. The van der Waals surface area contributed by atoms with Crippen LogP contribution in [0.3, 0.4) is 0 Å². The highest BCUT2D eigenvalue weighted by Gasteiger charge is 2.27. The molecule has 8 aromatic carbocycles. The first-order valence-electron chi connectivity index (χ1n) is 19.1. The van der Waals surface area contributed by atoms with E-state index in [0.29, 0.717) is 17.5 Å². The monoisotopic (exact) mass is 729 g/mol. The predicted octanol–water partition coefficient (Wildman–Crippen LogP) is 13.0. The van der Waals surface area contributed by atoms with Crippen LogP contribution in [0, 0.1) is 0 Å². The minimum Gasteiger partial charge on any atom is -0.454 e. The van der Waals surface area contributed by atoms with Crippen LogP contribution in [0.25, 0.3) is 111 Å². The molecule has 0 saturated carbocycles. The summed E-state index contributed by atoms with van der Waals surface area (Å²) in [6, 6.07) is 65.3. The van der Waals surface area contributed by atoms with Crippen LogP contribution in [0.15, 0.2) is 192 Å². The lowest BCUT2D eigenvalue weighted by Gasteiger charge is -2.12. The molecule has 0 amide bonds. The molecule has 0 fully saturated rings. The highest BCUT2D eigenvalue weighted by molar-refractivity contribution is 6.39. The first-order valence-corrected chi connectivity index (χ1v) is 19.1. The maximum absolute atomic E-state index is 6.97. The summed E-state index contributed by atoms with van der Waals surface area (Å²) in [5, 5.41) is 6.91. The number of para-hydroxylation sites is 4. The van der Waals surface area contributed by atoms with Gasteiger partial charge in [0.2, 0.25) is 0 Å². The third-order valence-corrected chi connectivity index (χ3v) is 11.1. The predicted molar refractivity (Wildman–Crippen MR) is 232 cm³/mol. The van der Waals surface area contributed by atoms with Crippen molar-refractivity contribution in [1.29, 1.82) is 0 Å². The Hall–Kier alpha value is -7.83. The zero-order valence-electron chi connectivity index (χ0n) is 30.5. The van der Waals surface area contributed by atoms with Gasteiger partial charge in [-0.1, -0.05) is 133 Å². The maximum atomic E-state index is 6.97. The van der Waals surface area contributed by atoms with E-state index < -0.39 is 0 Å². The summed E-state index contributed by atoms with van der Waals surface area (Å²) in [7, 11) is 0. The number of hydrogen-bond donors (Lipinski definition) is 0. The molecule has 12 rings (SSSR count). The Morgan fingerprint density at radius 1 is 0.333 bits per heavy atom. The third kappa shape index (κ3) is 4.74. The van der Waals surface area contributed by atoms with E-state index in [-0.39, 0.29) is 0 Å². The van der Waals surface area contributed by atoms with Gasteiger partial charge in [-0.05, 0) is 54.6 Å². The van der Waals surface area contributed by atoms with E-state index in [4.69, 9.17) is 19.4 Å². The van der Waals surface area contributed by atoms with Crippen molar-refractivity contribution in [2.75, 3.05) is 0 Å². The molecule has 6 nitrogen and oxygen atoms in total. The Kier molecular flexibility index (Phi) is 6.83. The molecule has 0 saturated heterocycles. The largest absolute Gasteiger partial charge is 0.454 e. The van der Waals surface area contributed by atoms with Crippen molar-refractivity contribution >= 4 is 65.6 Å². The van der Waals surface area contributed by atoms with E-state index in [1.54, 1.807) is 0 Å².